The molecular weight excluding hydrogens is 502 g/mol. The zero-order valence-electron chi connectivity index (χ0n) is 24.3. The van der Waals surface area contributed by atoms with Gasteiger partial charge in [0.15, 0.2) is 0 Å². The number of aryl methyl sites for hydroxylation is 2. The van der Waals surface area contributed by atoms with E-state index in [4.69, 9.17) is 0 Å². The first-order valence-electron chi connectivity index (χ1n) is 14.1. The second kappa shape index (κ2) is 11.3. The molecule has 2 aliphatic heterocycles. The number of benzene rings is 2. The van der Waals surface area contributed by atoms with E-state index in [0.717, 1.165) is 73.0 Å². The summed E-state index contributed by atoms with van der Waals surface area (Å²) in [5, 5.41) is 10.9. The van der Waals surface area contributed by atoms with E-state index in [0.29, 0.717) is 24.1 Å². The fourth-order valence-corrected chi connectivity index (χ4v) is 5.27. The topological polar surface area (TPSA) is 85.7 Å². The number of aromatic nitrogens is 2. The Morgan fingerprint density at radius 3 is 2.52 bits per heavy atom. The van der Waals surface area contributed by atoms with Crippen LogP contribution in [0.5, 0.6) is 0 Å². The van der Waals surface area contributed by atoms with Gasteiger partial charge in [0.2, 0.25) is 0 Å². The van der Waals surface area contributed by atoms with E-state index in [-0.39, 0.29) is 11.9 Å². The molecule has 0 bridgehead atoms. The van der Waals surface area contributed by atoms with Crippen LogP contribution in [0.3, 0.4) is 0 Å². The molecule has 5 rings (SSSR count). The number of urea groups is 1. The van der Waals surface area contributed by atoms with Crippen LogP contribution in [0, 0.1) is 12.3 Å². The summed E-state index contributed by atoms with van der Waals surface area (Å²) in [7, 11) is 1.89. The van der Waals surface area contributed by atoms with Gasteiger partial charge in [0.1, 0.15) is 5.82 Å². The molecule has 3 amide bonds. The predicted molar refractivity (Wildman–Crippen MR) is 159 cm³/mol. The van der Waals surface area contributed by atoms with Crippen molar-refractivity contribution in [2.24, 2.45) is 12.5 Å². The van der Waals surface area contributed by atoms with Crippen molar-refractivity contribution in [3.63, 3.8) is 0 Å². The third-order valence-electron chi connectivity index (χ3n) is 7.89. The van der Waals surface area contributed by atoms with Crippen LogP contribution < -0.4 is 15.5 Å². The van der Waals surface area contributed by atoms with Crippen LogP contribution in [0.4, 0.5) is 22.0 Å². The lowest BCUT2D eigenvalue weighted by atomic mass is 9.92. The number of rotatable bonds is 5. The lowest BCUT2D eigenvalue weighted by molar-refractivity contribution is 0.0985. The number of nitrogens with zero attached hydrogens (tertiary/aromatic N) is 5. The summed E-state index contributed by atoms with van der Waals surface area (Å²) in [5.41, 5.74) is 5.56. The van der Waals surface area contributed by atoms with Gasteiger partial charge in [0.25, 0.3) is 5.91 Å². The Bertz CT molecular complexity index is 1380. The average molecular weight is 544 g/mol. The molecule has 1 saturated heterocycles. The summed E-state index contributed by atoms with van der Waals surface area (Å²) in [6, 6.07) is 13.5. The summed E-state index contributed by atoms with van der Waals surface area (Å²) in [6.07, 6.45) is 2.96. The predicted octanol–water partition coefficient (Wildman–Crippen LogP) is 4.90. The summed E-state index contributed by atoms with van der Waals surface area (Å²) in [6.45, 7) is 14.0. The highest BCUT2D eigenvalue weighted by Gasteiger charge is 2.27. The minimum absolute atomic E-state index is 0.0315. The smallest absolute Gasteiger partial charge is 0.317 e. The lowest BCUT2D eigenvalue weighted by Crippen LogP contribution is -2.52. The number of carbonyl (C=O) groups is 2. The molecule has 0 unspecified atom stereocenters. The van der Waals surface area contributed by atoms with Crippen molar-refractivity contribution in [2.45, 2.75) is 47.2 Å². The zero-order chi connectivity index (χ0) is 28.4. The Kier molecular flexibility index (Phi) is 7.85. The van der Waals surface area contributed by atoms with E-state index in [1.165, 1.54) is 0 Å². The van der Waals surface area contributed by atoms with Crippen LogP contribution in [0.25, 0.3) is 0 Å². The van der Waals surface area contributed by atoms with E-state index in [2.05, 4.69) is 41.4 Å². The first-order chi connectivity index (χ1) is 19.1. The second-order valence-corrected chi connectivity index (χ2v) is 12.1. The van der Waals surface area contributed by atoms with Crippen LogP contribution in [-0.2, 0) is 20.1 Å². The average Bonchev–Trinajstić information content (AvgIpc) is 3.18. The molecule has 2 aliphatic rings. The van der Waals surface area contributed by atoms with Crippen molar-refractivity contribution >= 4 is 29.1 Å². The molecule has 0 spiro atoms. The summed E-state index contributed by atoms with van der Waals surface area (Å²) < 4.78 is 1.79. The molecule has 9 heteroatoms. The molecule has 2 N–H and O–H groups in total. The maximum atomic E-state index is 13.8. The lowest BCUT2D eigenvalue weighted by Gasteiger charge is -2.36. The van der Waals surface area contributed by atoms with Gasteiger partial charge < -0.3 is 20.4 Å². The zero-order valence-corrected chi connectivity index (χ0v) is 24.3. The standard InChI is InChI=1S/C31H41N7O2/c1-22-18-23(29(39)38-21-25-20-33-35(5)28(25)34-26-8-6-7-9-27(26)38)10-11-24(22)19-32-30(40)37-16-14-36(15-17-37)13-12-31(2,3)4/h6-11,18,20,34H,12-17,19,21H2,1-5H3,(H,32,40). The van der Waals surface area contributed by atoms with Crippen molar-refractivity contribution in [3.8, 4) is 0 Å². The Balaban J connectivity index is 1.21. The number of para-hydroxylation sites is 2. The highest BCUT2D eigenvalue weighted by Crippen LogP contribution is 2.36. The number of nitrogens with one attached hydrogen (secondary N) is 2. The number of anilines is 3. The summed E-state index contributed by atoms with van der Waals surface area (Å²) in [4.78, 5) is 32.8. The van der Waals surface area contributed by atoms with Gasteiger partial charge in [-0.2, -0.15) is 5.10 Å². The maximum absolute atomic E-state index is 13.8. The maximum Gasteiger partial charge on any atom is 0.317 e. The fraction of sp³-hybridized carbons (Fsp3) is 0.452. The molecule has 212 valence electrons. The molecule has 0 aliphatic carbocycles. The van der Waals surface area contributed by atoms with Gasteiger partial charge in [0.05, 0.1) is 24.1 Å². The minimum Gasteiger partial charge on any atom is -0.338 e. The summed E-state index contributed by atoms with van der Waals surface area (Å²) >= 11 is 0. The Morgan fingerprint density at radius 1 is 1.05 bits per heavy atom. The van der Waals surface area contributed by atoms with Crippen molar-refractivity contribution < 1.29 is 9.59 Å². The van der Waals surface area contributed by atoms with Crippen molar-refractivity contribution in [1.82, 2.24) is 24.9 Å². The molecule has 0 radical (unpaired) electrons. The molecule has 40 heavy (non-hydrogen) atoms. The number of fused-ring (bicyclic) bond motifs is 2. The Labute approximate surface area is 237 Å². The molecule has 3 aromatic rings. The summed E-state index contributed by atoms with van der Waals surface area (Å²) in [5.74, 6) is 0.810. The van der Waals surface area contributed by atoms with E-state index >= 15 is 0 Å². The van der Waals surface area contributed by atoms with Gasteiger partial charge in [-0.25, -0.2) is 4.79 Å². The van der Waals surface area contributed by atoms with Gasteiger partial charge in [-0.3, -0.25) is 14.4 Å². The van der Waals surface area contributed by atoms with Crippen LogP contribution in [-0.4, -0.2) is 64.2 Å². The SMILES string of the molecule is Cc1cc(C(=O)N2Cc3cnn(C)c3Nc3ccccc32)ccc1CNC(=O)N1CCN(CCC(C)(C)C)CC1. The highest BCUT2D eigenvalue weighted by atomic mass is 16.2. The first kappa shape index (κ1) is 27.7. The highest BCUT2D eigenvalue weighted by molar-refractivity contribution is 6.08. The minimum atomic E-state index is -0.0750. The monoisotopic (exact) mass is 543 g/mol. The Hall–Kier alpha value is -3.85. The molecular formula is C31H41N7O2. The molecule has 9 nitrogen and oxygen atoms in total. The number of carbonyl (C=O) groups excluding carboxylic acids is 2. The number of piperazine rings is 1. The molecule has 0 saturated carbocycles. The normalized spacial score (nSPS) is 15.6. The molecule has 1 fully saturated rings. The van der Waals surface area contributed by atoms with Crippen LogP contribution in [0.1, 0.15) is 54.2 Å². The van der Waals surface area contributed by atoms with E-state index in [1.807, 2.05) is 61.3 Å². The van der Waals surface area contributed by atoms with Gasteiger partial charge in [-0.15, -0.1) is 0 Å². The number of hydrogen-bond donors (Lipinski definition) is 2. The van der Waals surface area contributed by atoms with Gasteiger partial charge in [-0.05, 0) is 60.7 Å². The largest absolute Gasteiger partial charge is 0.338 e. The van der Waals surface area contributed by atoms with Gasteiger partial charge in [-0.1, -0.05) is 39.0 Å². The molecule has 1 aromatic heterocycles. The quantitative estimate of drug-likeness (QED) is 0.478. The third kappa shape index (κ3) is 6.14. The van der Waals surface area contributed by atoms with E-state index in [1.54, 1.807) is 15.8 Å². The molecule has 2 aromatic carbocycles. The molecule has 3 heterocycles. The molecule has 0 atom stereocenters. The van der Waals surface area contributed by atoms with Crippen molar-refractivity contribution in [2.75, 3.05) is 42.9 Å². The van der Waals surface area contributed by atoms with Crippen LogP contribution in [0.2, 0.25) is 0 Å². The fourth-order valence-electron chi connectivity index (χ4n) is 5.27. The number of hydrogen-bond acceptors (Lipinski definition) is 5. The van der Waals surface area contributed by atoms with Crippen LogP contribution >= 0.6 is 0 Å². The van der Waals surface area contributed by atoms with Crippen molar-refractivity contribution in [3.05, 3.63) is 70.9 Å². The van der Waals surface area contributed by atoms with E-state index in [9.17, 15) is 9.59 Å². The van der Waals surface area contributed by atoms with Gasteiger partial charge >= 0.3 is 6.03 Å². The second-order valence-electron chi connectivity index (χ2n) is 12.1. The van der Waals surface area contributed by atoms with E-state index < -0.39 is 0 Å². The third-order valence-corrected chi connectivity index (χ3v) is 7.89. The first-order valence-corrected chi connectivity index (χ1v) is 14.1. The number of amides is 3. The van der Waals surface area contributed by atoms with Crippen molar-refractivity contribution in [1.29, 1.82) is 0 Å². The van der Waals surface area contributed by atoms with Gasteiger partial charge in [0, 0.05) is 50.9 Å². The van der Waals surface area contributed by atoms with Crippen LogP contribution in [0.15, 0.2) is 48.7 Å². The Morgan fingerprint density at radius 2 is 1.80 bits per heavy atom.